The number of rotatable bonds is 6. The van der Waals surface area contributed by atoms with Crippen LogP contribution < -0.4 is 5.32 Å². The Labute approximate surface area is 182 Å². The Balaban J connectivity index is 1.70. The number of aliphatic imine (C=N–C) groups is 1. The molecule has 3 rings (SSSR count). The van der Waals surface area contributed by atoms with E-state index in [2.05, 4.69) is 25.4 Å². The number of pyridine rings is 2. The highest BCUT2D eigenvalue weighted by Crippen LogP contribution is 2.28. The van der Waals surface area contributed by atoms with Crippen molar-refractivity contribution < 1.29 is 18.0 Å². The van der Waals surface area contributed by atoms with Crippen LogP contribution in [-0.2, 0) is 18.0 Å². The molecule has 3 aromatic heterocycles. The molecule has 0 saturated heterocycles. The Hall–Kier alpha value is -4.08. The number of aromatic nitrogens is 4. The van der Waals surface area contributed by atoms with Crippen LogP contribution in [0.3, 0.4) is 0 Å². The quantitative estimate of drug-likeness (QED) is 0.461. The van der Waals surface area contributed by atoms with Crippen molar-refractivity contribution in [1.29, 1.82) is 0 Å². The number of amides is 1. The summed E-state index contributed by atoms with van der Waals surface area (Å²) in [5.74, 6) is -0.467. The summed E-state index contributed by atoms with van der Waals surface area (Å²) in [6.45, 7) is 0. The molecule has 0 radical (unpaired) electrons. The topological polar surface area (TPSA) is 85.1 Å². The van der Waals surface area contributed by atoms with Crippen molar-refractivity contribution in [3.63, 3.8) is 0 Å². The summed E-state index contributed by atoms with van der Waals surface area (Å²) in [6.07, 6.45) is 5.81. The highest BCUT2D eigenvalue weighted by Gasteiger charge is 2.32. The van der Waals surface area contributed by atoms with Crippen molar-refractivity contribution in [2.24, 2.45) is 12.0 Å². The van der Waals surface area contributed by atoms with E-state index in [4.69, 9.17) is 0 Å². The van der Waals surface area contributed by atoms with Gasteiger partial charge in [-0.15, -0.1) is 0 Å². The largest absolute Gasteiger partial charge is 0.433 e. The fourth-order valence-corrected chi connectivity index (χ4v) is 2.73. The highest BCUT2D eigenvalue weighted by atomic mass is 19.4. The van der Waals surface area contributed by atoms with E-state index in [-0.39, 0.29) is 5.71 Å². The van der Waals surface area contributed by atoms with Gasteiger partial charge in [-0.25, -0.2) is 0 Å². The molecule has 10 heteroatoms. The lowest BCUT2D eigenvalue weighted by atomic mass is 10.2. The fourth-order valence-electron chi connectivity index (χ4n) is 2.73. The third-order valence-corrected chi connectivity index (χ3v) is 4.19. The molecule has 0 atom stereocenters. The zero-order chi connectivity index (χ0) is 23.1. The number of halogens is 3. The maximum absolute atomic E-state index is 12.7. The van der Waals surface area contributed by atoms with Crippen LogP contribution in [0.2, 0.25) is 0 Å². The maximum Gasteiger partial charge on any atom is 0.433 e. The Bertz CT molecular complexity index is 1180. The molecule has 1 amide bonds. The van der Waals surface area contributed by atoms with Gasteiger partial charge in [0.15, 0.2) is 0 Å². The third-order valence-electron chi connectivity index (χ3n) is 4.19. The first-order valence-corrected chi connectivity index (χ1v) is 9.39. The molecule has 0 aliphatic heterocycles. The third kappa shape index (κ3) is 5.75. The van der Waals surface area contributed by atoms with Gasteiger partial charge < -0.3 is 5.32 Å². The minimum absolute atomic E-state index is 0.121. The van der Waals surface area contributed by atoms with Crippen molar-refractivity contribution in [1.82, 2.24) is 19.7 Å². The van der Waals surface area contributed by atoms with Gasteiger partial charge >= 0.3 is 6.18 Å². The van der Waals surface area contributed by atoms with Crippen LogP contribution >= 0.6 is 0 Å². The fraction of sp³-hybridized carbons (Fsp3) is 0.136. The van der Waals surface area contributed by atoms with Crippen molar-refractivity contribution in [3.05, 3.63) is 78.4 Å². The van der Waals surface area contributed by atoms with Crippen molar-refractivity contribution >= 4 is 23.4 Å². The smallest absolute Gasteiger partial charge is 0.317 e. The SMILES string of the molecule is C\N=C(/C=C\C=C\c1ccnc(C(F)(F)F)c1)C(=O)Nc1cn(C)nc1-c1ccccn1. The first kappa shape index (κ1) is 22.6. The van der Waals surface area contributed by atoms with Crippen molar-refractivity contribution in [3.8, 4) is 11.4 Å². The molecule has 7 nitrogen and oxygen atoms in total. The van der Waals surface area contributed by atoms with E-state index in [1.165, 1.54) is 37.4 Å². The first-order chi connectivity index (χ1) is 15.3. The zero-order valence-corrected chi connectivity index (χ0v) is 17.2. The van der Waals surface area contributed by atoms with E-state index < -0.39 is 17.8 Å². The first-order valence-electron chi connectivity index (χ1n) is 9.39. The Kier molecular flexibility index (Phi) is 6.93. The summed E-state index contributed by atoms with van der Waals surface area (Å²) in [6, 6.07) is 7.76. The van der Waals surface area contributed by atoms with E-state index in [1.807, 2.05) is 6.07 Å². The van der Waals surface area contributed by atoms with Crippen LogP contribution in [0.15, 0.2) is 72.1 Å². The minimum atomic E-state index is -4.51. The van der Waals surface area contributed by atoms with E-state index in [0.717, 1.165) is 12.3 Å². The molecule has 0 saturated carbocycles. The second kappa shape index (κ2) is 9.82. The number of hydrogen-bond donors (Lipinski definition) is 1. The number of nitrogens with one attached hydrogen (secondary N) is 1. The lowest BCUT2D eigenvalue weighted by Gasteiger charge is -2.05. The molecule has 32 heavy (non-hydrogen) atoms. The van der Waals surface area contributed by atoms with Crippen LogP contribution in [0.4, 0.5) is 18.9 Å². The summed E-state index contributed by atoms with van der Waals surface area (Å²) in [5, 5.41) is 7.10. The van der Waals surface area contributed by atoms with E-state index in [1.54, 1.807) is 36.3 Å². The van der Waals surface area contributed by atoms with Gasteiger partial charge in [0.2, 0.25) is 0 Å². The second-order valence-electron chi connectivity index (χ2n) is 6.53. The molecule has 0 spiro atoms. The standard InChI is InChI=1S/C22H19F3N6O/c1-26-17(9-4-3-7-15-10-12-28-19(13-15)22(23,24)25)21(32)29-18-14-31(2)30-20(18)16-8-5-6-11-27-16/h3-14H,1-2H3,(H,29,32)/b7-3+,9-4-,26-17+. The van der Waals surface area contributed by atoms with Gasteiger partial charge in [0, 0.05) is 32.7 Å². The monoisotopic (exact) mass is 440 g/mol. The Morgan fingerprint density at radius 1 is 1.16 bits per heavy atom. The molecular formula is C22H19F3N6O. The van der Waals surface area contributed by atoms with Gasteiger partial charge in [0.25, 0.3) is 5.91 Å². The van der Waals surface area contributed by atoms with Gasteiger partial charge in [-0.05, 0) is 35.9 Å². The Morgan fingerprint density at radius 3 is 2.66 bits per heavy atom. The predicted molar refractivity (Wildman–Crippen MR) is 116 cm³/mol. The summed E-state index contributed by atoms with van der Waals surface area (Å²) in [5.41, 5.74) is 1.06. The predicted octanol–water partition coefficient (Wildman–Crippen LogP) is 4.17. The number of alkyl halides is 3. The van der Waals surface area contributed by atoms with E-state index in [9.17, 15) is 18.0 Å². The lowest BCUT2D eigenvalue weighted by Crippen LogP contribution is -2.21. The van der Waals surface area contributed by atoms with Crippen molar-refractivity contribution in [2.45, 2.75) is 6.18 Å². The number of allylic oxidation sites excluding steroid dienone is 2. The molecular weight excluding hydrogens is 421 g/mol. The lowest BCUT2D eigenvalue weighted by molar-refractivity contribution is -0.141. The van der Waals surface area contributed by atoms with Gasteiger partial charge in [-0.2, -0.15) is 18.3 Å². The van der Waals surface area contributed by atoms with Gasteiger partial charge in [0.1, 0.15) is 17.1 Å². The molecule has 3 aromatic rings. The van der Waals surface area contributed by atoms with Crippen molar-refractivity contribution in [2.75, 3.05) is 12.4 Å². The molecule has 0 aliphatic rings. The van der Waals surface area contributed by atoms with Crippen LogP contribution in [0.5, 0.6) is 0 Å². The average Bonchev–Trinajstić information content (AvgIpc) is 3.14. The van der Waals surface area contributed by atoms with Gasteiger partial charge in [-0.3, -0.25) is 24.4 Å². The number of nitrogens with zero attached hydrogens (tertiary/aromatic N) is 5. The van der Waals surface area contributed by atoms with Gasteiger partial charge in [0.05, 0.1) is 11.4 Å². The molecule has 0 unspecified atom stereocenters. The molecule has 164 valence electrons. The number of aryl methyl sites for hydroxylation is 1. The van der Waals surface area contributed by atoms with Crippen LogP contribution in [0, 0.1) is 0 Å². The molecule has 0 aromatic carbocycles. The summed E-state index contributed by atoms with van der Waals surface area (Å²) >= 11 is 0. The summed E-state index contributed by atoms with van der Waals surface area (Å²) in [7, 11) is 3.19. The Morgan fingerprint density at radius 2 is 1.97 bits per heavy atom. The van der Waals surface area contributed by atoms with E-state index in [0.29, 0.717) is 22.6 Å². The second-order valence-corrected chi connectivity index (χ2v) is 6.53. The number of carbonyl (C=O) groups is 1. The molecule has 3 heterocycles. The van der Waals surface area contributed by atoms with Crippen LogP contribution in [0.25, 0.3) is 17.5 Å². The maximum atomic E-state index is 12.7. The molecule has 0 aliphatic carbocycles. The molecule has 1 N–H and O–H groups in total. The van der Waals surface area contributed by atoms with Crippen LogP contribution in [-0.4, -0.2) is 38.4 Å². The van der Waals surface area contributed by atoms with Crippen LogP contribution in [0.1, 0.15) is 11.3 Å². The van der Waals surface area contributed by atoms with E-state index >= 15 is 0 Å². The molecule has 0 bridgehead atoms. The average molecular weight is 440 g/mol. The summed E-state index contributed by atoms with van der Waals surface area (Å²) in [4.78, 5) is 24.2. The zero-order valence-electron chi connectivity index (χ0n) is 17.2. The number of carbonyl (C=O) groups excluding carboxylic acids is 1. The normalized spacial score (nSPS) is 12.6. The van der Waals surface area contributed by atoms with Gasteiger partial charge in [-0.1, -0.05) is 24.3 Å². The summed E-state index contributed by atoms with van der Waals surface area (Å²) < 4.78 is 39.8. The minimum Gasteiger partial charge on any atom is -0.317 e. The number of hydrogen-bond acceptors (Lipinski definition) is 5. The highest BCUT2D eigenvalue weighted by molar-refractivity contribution is 6.47. The number of anilines is 1. The molecule has 0 fully saturated rings.